The summed E-state index contributed by atoms with van der Waals surface area (Å²) in [5.41, 5.74) is 0. The molecule has 0 radical (unpaired) electrons. The van der Waals surface area contributed by atoms with Crippen LogP contribution in [0.4, 0.5) is 0 Å². The van der Waals surface area contributed by atoms with Gasteiger partial charge < -0.3 is 10.1 Å². The number of nitrogens with one attached hydrogen (secondary N) is 1. The van der Waals surface area contributed by atoms with Crippen molar-refractivity contribution in [3.05, 3.63) is 0 Å². The molecular formula is C14H24N2O3. The third kappa shape index (κ3) is 3.26. The largest absolute Gasteiger partial charge is 0.469 e. The monoisotopic (exact) mass is 268 g/mol. The summed E-state index contributed by atoms with van der Waals surface area (Å²) in [6, 6.07) is 0.360. The van der Waals surface area contributed by atoms with Crippen LogP contribution in [0.3, 0.4) is 0 Å². The lowest BCUT2D eigenvalue weighted by Crippen LogP contribution is -2.63. The fourth-order valence-electron chi connectivity index (χ4n) is 3.35. The Kier molecular flexibility index (Phi) is 4.80. The molecule has 0 spiro atoms. The first-order chi connectivity index (χ1) is 9.13. The molecule has 1 aliphatic heterocycles. The molecule has 2 aliphatic rings. The van der Waals surface area contributed by atoms with E-state index in [0.717, 1.165) is 12.8 Å². The van der Waals surface area contributed by atoms with Crippen molar-refractivity contribution >= 4 is 11.9 Å². The molecule has 0 aromatic heterocycles. The van der Waals surface area contributed by atoms with Gasteiger partial charge in [-0.25, -0.2) is 0 Å². The van der Waals surface area contributed by atoms with Gasteiger partial charge in [0.25, 0.3) is 0 Å². The molecule has 1 saturated carbocycles. The lowest BCUT2D eigenvalue weighted by atomic mass is 9.90. The van der Waals surface area contributed by atoms with Crippen LogP contribution >= 0.6 is 0 Å². The molecule has 2 unspecified atom stereocenters. The molecule has 1 aliphatic carbocycles. The fraction of sp³-hybridized carbons (Fsp3) is 0.857. The second kappa shape index (κ2) is 6.37. The first-order valence-electron chi connectivity index (χ1n) is 7.25. The van der Waals surface area contributed by atoms with Gasteiger partial charge in [0.05, 0.1) is 13.5 Å². The standard InChI is InChI=1S/C14H24N2O3/c1-10-9-15-14(18)12(8-13(17)19-2)16(10)11-6-4-3-5-7-11/h10-12H,3-9H2,1-2H3,(H,15,18). The number of hydrogen-bond donors (Lipinski definition) is 1. The van der Waals surface area contributed by atoms with E-state index in [1.165, 1.54) is 26.4 Å². The zero-order chi connectivity index (χ0) is 13.8. The van der Waals surface area contributed by atoms with Gasteiger partial charge in [0.15, 0.2) is 0 Å². The second-order valence-electron chi connectivity index (χ2n) is 5.63. The summed E-state index contributed by atoms with van der Waals surface area (Å²) in [6.07, 6.45) is 6.15. The van der Waals surface area contributed by atoms with Gasteiger partial charge in [-0.15, -0.1) is 0 Å². The Labute approximate surface area is 114 Å². The highest BCUT2D eigenvalue weighted by molar-refractivity contribution is 5.87. The van der Waals surface area contributed by atoms with Crippen LogP contribution in [0.2, 0.25) is 0 Å². The molecule has 0 aromatic rings. The Morgan fingerprint density at radius 1 is 1.37 bits per heavy atom. The van der Waals surface area contributed by atoms with Crippen LogP contribution in [-0.4, -0.2) is 48.6 Å². The van der Waals surface area contributed by atoms with Crippen LogP contribution in [0, 0.1) is 0 Å². The number of hydrogen-bond acceptors (Lipinski definition) is 4. The Bertz CT molecular complexity index is 340. The minimum Gasteiger partial charge on any atom is -0.469 e. The number of piperazine rings is 1. The van der Waals surface area contributed by atoms with Crippen LogP contribution in [-0.2, 0) is 14.3 Å². The number of nitrogens with zero attached hydrogens (tertiary/aromatic N) is 1. The molecule has 2 rings (SSSR count). The van der Waals surface area contributed by atoms with Crippen LogP contribution in [0.25, 0.3) is 0 Å². The van der Waals surface area contributed by atoms with E-state index >= 15 is 0 Å². The normalized spacial score (nSPS) is 29.9. The highest BCUT2D eigenvalue weighted by Crippen LogP contribution is 2.28. The molecule has 5 nitrogen and oxygen atoms in total. The van der Waals surface area contributed by atoms with Crippen molar-refractivity contribution in [3.8, 4) is 0 Å². The van der Waals surface area contributed by atoms with E-state index in [0.29, 0.717) is 12.6 Å². The van der Waals surface area contributed by atoms with Gasteiger partial charge >= 0.3 is 5.97 Å². The highest BCUT2D eigenvalue weighted by Gasteiger charge is 2.39. The van der Waals surface area contributed by atoms with Gasteiger partial charge in [-0.2, -0.15) is 0 Å². The van der Waals surface area contributed by atoms with E-state index in [1.807, 2.05) is 0 Å². The maximum Gasteiger partial charge on any atom is 0.307 e. The Morgan fingerprint density at radius 2 is 2.05 bits per heavy atom. The van der Waals surface area contributed by atoms with E-state index in [4.69, 9.17) is 4.74 Å². The molecule has 0 bridgehead atoms. The third-order valence-corrected chi connectivity index (χ3v) is 4.33. The summed E-state index contributed by atoms with van der Waals surface area (Å²) in [5.74, 6) is -0.343. The quantitative estimate of drug-likeness (QED) is 0.778. The molecule has 5 heteroatoms. The lowest BCUT2D eigenvalue weighted by molar-refractivity contribution is -0.148. The van der Waals surface area contributed by atoms with Crippen LogP contribution in [0.15, 0.2) is 0 Å². The van der Waals surface area contributed by atoms with Crippen molar-refractivity contribution in [2.24, 2.45) is 0 Å². The van der Waals surface area contributed by atoms with Crippen molar-refractivity contribution in [1.29, 1.82) is 0 Å². The van der Waals surface area contributed by atoms with Gasteiger partial charge in [-0.1, -0.05) is 19.3 Å². The summed E-state index contributed by atoms with van der Waals surface area (Å²) in [4.78, 5) is 25.9. The summed E-state index contributed by atoms with van der Waals surface area (Å²) in [7, 11) is 1.37. The molecule has 1 saturated heterocycles. The van der Waals surface area contributed by atoms with Crippen molar-refractivity contribution in [2.75, 3.05) is 13.7 Å². The molecule has 19 heavy (non-hydrogen) atoms. The first-order valence-corrected chi connectivity index (χ1v) is 7.25. The number of amides is 1. The van der Waals surface area contributed by atoms with E-state index in [2.05, 4.69) is 17.1 Å². The van der Waals surface area contributed by atoms with Gasteiger partial charge in [0, 0.05) is 18.6 Å². The zero-order valence-electron chi connectivity index (χ0n) is 11.9. The van der Waals surface area contributed by atoms with E-state index < -0.39 is 0 Å². The Hall–Kier alpha value is -1.10. The number of carbonyl (C=O) groups excluding carboxylic acids is 2. The minimum atomic E-state index is -0.362. The van der Waals surface area contributed by atoms with Gasteiger partial charge in [-0.05, 0) is 19.8 Å². The van der Waals surface area contributed by atoms with E-state index in [1.54, 1.807) is 0 Å². The molecule has 1 heterocycles. The maximum atomic E-state index is 12.1. The number of esters is 1. The summed E-state index contributed by atoms with van der Waals surface area (Å²) in [6.45, 7) is 2.80. The Morgan fingerprint density at radius 3 is 2.68 bits per heavy atom. The molecule has 108 valence electrons. The van der Waals surface area contributed by atoms with Gasteiger partial charge in [0.2, 0.25) is 5.91 Å². The number of methoxy groups -OCH3 is 1. The van der Waals surface area contributed by atoms with Crippen molar-refractivity contribution < 1.29 is 14.3 Å². The molecule has 2 atom stereocenters. The van der Waals surface area contributed by atoms with Crippen LogP contribution < -0.4 is 5.32 Å². The predicted molar refractivity (Wildman–Crippen MR) is 71.6 cm³/mol. The molecule has 1 amide bonds. The Balaban J connectivity index is 2.12. The lowest BCUT2D eigenvalue weighted by Gasteiger charge is -2.45. The van der Waals surface area contributed by atoms with Crippen LogP contribution in [0.1, 0.15) is 45.4 Å². The van der Waals surface area contributed by atoms with Crippen LogP contribution in [0.5, 0.6) is 0 Å². The smallest absolute Gasteiger partial charge is 0.307 e. The third-order valence-electron chi connectivity index (χ3n) is 4.33. The average molecular weight is 268 g/mol. The molecular weight excluding hydrogens is 244 g/mol. The molecule has 2 fully saturated rings. The van der Waals surface area contributed by atoms with E-state index in [-0.39, 0.29) is 30.4 Å². The number of rotatable bonds is 3. The van der Waals surface area contributed by atoms with Gasteiger partial charge in [-0.3, -0.25) is 14.5 Å². The second-order valence-corrected chi connectivity index (χ2v) is 5.63. The number of carbonyl (C=O) groups is 2. The summed E-state index contributed by atoms with van der Waals surface area (Å²) < 4.78 is 4.73. The van der Waals surface area contributed by atoms with Crippen molar-refractivity contribution in [1.82, 2.24) is 10.2 Å². The number of ether oxygens (including phenoxy) is 1. The summed E-state index contributed by atoms with van der Waals surface area (Å²) in [5, 5.41) is 2.89. The zero-order valence-corrected chi connectivity index (χ0v) is 11.9. The molecule has 1 N–H and O–H groups in total. The highest BCUT2D eigenvalue weighted by atomic mass is 16.5. The first kappa shape index (κ1) is 14.3. The minimum absolute atomic E-state index is 0.0333. The summed E-state index contributed by atoms with van der Waals surface area (Å²) >= 11 is 0. The fourth-order valence-corrected chi connectivity index (χ4v) is 3.35. The van der Waals surface area contributed by atoms with Crippen molar-refractivity contribution in [2.45, 2.75) is 63.6 Å². The molecule has 0 aromatic carbocycles. The van der Waals surface area contributed by atoms with Gasteiger partial charge in [0.1, 0.15) is 6.04 Å². The SMILES string of the molecule is COC(=O)CC1C(=O)NCC(C)N1C1CCCCC1. The average Bonchev–Trinajstić information content (AvgIpc) is 2.44. The predicted octanol–water partition coefficient (Wildman–Crippen LogP) is 1.07. The topological polar surface area (TPSA) is 58.6 Å². The van der Waals surface area contributed by atoms with E-state index in [9.17, 15) is 9.59 Å². The maximum absolute atomic E-state index is 12.1. The van der Waals surface area contributed by atoms with Crippen molar-refractivity contribution in [3.63, 3.8) is 0 Å².